The van der Waals surface area contributed by atoms with Gasteiger partial charge < -0.3 is 19.5 Å². The van der Waals surface area contributed by atoms with Gasteiger partial charge in [-0.3, -0.25) is 0 Å². The summed E-state index contributed by atoms with van der Waals surface area (Å²) >= 11 is 0. The summed E-state index contributed by atoms with van der Waals surface area (Å²) in [5.74, 6) is 1.28. The number of anilines is 1. The van der Waals surface area contributed by atoms with E-state index in [-0.39, 0.29) is 12.1 Å². The number of amides is 1. The fourth-order valence-corrected chi connectivity index (χ4v) is 3.89. The number of pyridine rings is 1. The first-order valence-electron chi connectivity index (χ1n) is 11.7. The standard InChI is InChI=1S/C26H30N6O3/c1-16(2)29-22-20(14-27)13-21(15-28-22)24-30-23(31-35-24)19-7-6-17-8-10-32(11-9-18(17)12-19)25(33)34-26(3,4)5/h6-7,12-13,15-16H,8-11H2,1-5H3,(H,28,29). The number of nitriles is 1. The molecule has 1 aliphatic rings. The van der Waals surface area contributed by atoms with E-state index in [9.17, 15) is 10.1 Å². The molecule has 0 atom stereocenters. The number of hydrogen-bond acceptors (Lipinski definition) is 8. The highest BCUT2D eigenvalue weighted by molar-refractivity contribution is 5.69. The molecule has 0 fully saturated rings. The lowest BCUT2D eigenvalue weighted by molar-refractivity contribution is 0.0258. The molecule has 0 bridgehead atoms. The first kappa shape index (κ1) is 24.2. The Morgan fingerprint density at radius 3 is 2.60 bits per heavy atom. The van der Waals surface area contributed by atoms with Gasteiger partial charge in [-0.1, -0.05) is 17.3 Å². The van der Waals surface area contributed by atoms with Crippen molar-refractivity contribution in [1.82, 2.24) is 20.0 Å². The number of ether oxygens (including phenoxy) is 1. The van der Waals surface area contributed by atoms with Crippen LogP contribution in [0.25, 0.3) is 22.8 Å². The molecule has 0 saturated carbocycles. The molecule has 0 aliphatic carbocycles. The van der Waals surface area contributed by atoms with Gasteiger partial charge in [-0.15, -0.1) is 0 Å². The third kappa shape index (κ3) is 5.77. The Hall–Kier alpha value is -3.93. The van der Waals surface area contributed by atoms with Crippen molar-refractivity contribution in [2.75, 3.05) is 18.4 Å². The minimum absolute atomic E-state index is 0.153. The maximum Gasteiger partial charge on any atom is 0.410 e. The number of hydrogen-bond donors (Lipinski definition) is 1. The summed E-state index contributed by atoms with van der Waals surface area (Å²) in [5, 5.41) is 16.8. The summed E-state index contributed by atoms with van der Waals surface area (Å²) in [5.41, 5.74) is 3.65. The molecule has 0 unspecified atom stereocenters. The van der Waals surface area contributed by atoms with Gasteiger partial charge in [0.2, 0.25) is 5.82 Å². The molecule has 1 N–H and O–H groups in total. The molecule has 182 valence electrons. The van der Waals surface area contributed by atoms with Crippen LogP contribution in [-0.4, -0.2) is 50.9 Å². The number of nitrogens with zero attached hydrogens (tertiary/aromatic N) is 5. The van der Waals surface area contributed by atoms with Crippen molar-refractivity contribution in [2.24, 2.45) is 0 Å². The molecule has 35 heavy (non-hydrogen) atoms. The third-order valence-corrected chi connectivity index (χ3v) is 5.52. The van der Waals surface area contributed by atoms with Gasteiger partial charge in [0.25, 0.3) is 5.89 Å². The second-order valence-corrected chi connectivity index (χ2v) is 9.91. The van der Waals surface area contributed by atoms with Gasteiger partial charge in [0.15, 0.2) is 0 Å². The lowest BCUT2D eigenvalue weighted by Gasteiger charge is -2.26. The Bertz CT molecular complexity index is 1270. The van der Waals surface area contributed by atoms with Crippen molar-refractivity contribution < 1.29 is 14.1 Å². The molecule has 0 spiro atoms. The molecule has 1 amide bonds. The summed E-state index contributed by atoms with van der Waals surface area (Å²) in [4.78, 5) is 23.2. The molecule has 3 aromatic rings. The summed E-state index contributed by atoms with van der Waals surface area (Å²) < 4.78 is 11.0. The van der Waals surface area contributed by atoms with Crippen molar-refractivity contribution in [1.29, 1.82) is 5.26 Å². The average Bonchev–Trinajstić information content (AvgIpc) is 3.18. The number of benzene rings is 1. The number of rotatable bonds is 4. The Labute approximate surface area is 205 Å². The summed E-state index contributed by atoms with van der Waals surface area (Å²) in [7, 11) is 0. The van der Waals surface area contributed by atoms with Gasteiger partial charge in [0, 0.05) is 30.9 Å². The zero-order chi connectivity index (χ0) is 25.2. The van der Waals surface area contributed by atoms with Crippen molar-refractivity contribution in [2.45, 2.75) is 59.1 Å². The highest BCUT2D eigenvalue weighted by Gasteiger charge is 2.24. The van der Waals surface area contributed by atoms with E-state index in [1.165, 1.54) is 5.56 Å². The van der Waals surface area contributed by atoms with E-state index in [0.29, 0.717) is 48.2 Å². The maximum absolute atomic E-state index is 12.5. The van der Waals surface area contributed by atoms with Crippen molar-refractivity contribution in [3.63, 3.8) is 0 Å². The van der Waals surface area contributed by atoms with Crippen molar-refractivity contribution >= 4 is 11.9 Å². The summed E-state index contributed by atoms with van der Waals surface area (Å²) in [6.07, 6.45) is 2.80. The maximum atomic E-state index is 12.5. The highest BCUT2D eigenvalue weighted by Crippen LogP contribution is 2.27. The lowest BCUT2D eigenvalue weighted by Crippen LogP contribution is -2.38. The van der Waals surface area contributed by atoms with Crippen LogP contribution in [0, 0.1) is 11.3 Å². The van der Waals surface area contributed by atoms with E-state index < -0.39 is 5.60 Å². The quantitative estimate of drug-likeness (QED) is 0.572. The van der Waals surface area contributed by atoms with E-state index in [1.807, 2.05) is 40.7 Å². The topological polar surface area (TPSA) is 117 Å². The van der Waals surface area contributed by atoms with Crippen molar-refractivity contribution in [3.05, 3.63) is 47.2 Å². The zero-order valence-electron chi connectivity index (χ0n) is 20.8. The Morgan fingerprint density at radius 1 is 1.17 bits per heavy atom. The van der Waals surface area contributed by atoms with Crippen molar-refractivity contribution in [3.8, 4) is 28.9 Å². The normalized spacial score (nSPS) is 13.7. The fraction of sp³-hybridized carbons (Fsp3) is 0.423. The Morgan fingerprint density at radius 2 is 1.91 bits per heavy atom. The number of fused-ring (bicyclic) bond motifs is 1. The lowest BCUT2D eigenvalue weighted by atomic mass is 10.00. The summed E-state index contributed by atoms with van der Waals surface area (Å²) in [6.45, 7) is 10.8. The molecule has 4 rings (SSSR count). The molecule has 9 heteroatoms. The second kappa shape index (κ2) is 9.74. The van der Waals surface area contributed by atoms with Crippen LogP contribution in [0.4, 0.5) is 10.6 Å². The van der Waals surface area contributed by atoms with E-state index in [0.717, 1.165) is 17.5 Å². The van der Waals surface area contributed by atoms with Crippen LogP contribution in [0.3, 0.4) is 0 Å². The Balaban J connectivity index is 1.52. The molecule has 0 radical (unpaired) electrons. The predicted molar refractivity (Wildman–Crippen MR) is 132 cm³/mol. The molecule has 9 nitrogen and oxygen atoms in total. The molecule has 3 heterocycles. The van der Waals surface area contributed by atoms with Crippen LogP contribution >= 0.6 is 0 Å². The van der Waals surface area contributed by atoms with Crippen LogP contribution in [0.5, 0.6) is 0 Å². The second-order valence-electron chi connectivity index (χ2n) is 9.91. The molecule has 0 saturated heterocycles. The van der Waals surface area contributed by atoms with Gasteiger partial charge in [-0.05, 0) is 70.7 Å². The van der Waals surface area contributed by atoms with Crippen LogP contribution in [0.15, 0.2) is 35.0 Å². The van der Waals surface area contributed by atoms with Crippen LogP contribution in [0.1, 0.15) is 51.3 Å². The first-order chi connectivity index (χ1) is 16.6. The van der Waals surface area contributed by atoms with Gasteiger partial charge in [-0.25, -0.2) is 9.78 Å². The molecular weight excluding hydrogens is 444 g/mol. The Kier molecular flexibility index (Phi) is 6.74. The van der Waals surface area contributed by atoms with E-state index >= 15 is 0 Å². The highest BCUT2D eigenvalue weighted by atomic mass is 16.6. The predicted octanol–water partition coefficient (Wildman–Crippen LogP) is 4.83. The number of carbonyl (C=O) groups is 1. The van der Waals surface area contributed by atoms with Gasteiger partial charge >= 0.3 is 6.09 Å². The smallest absolute Gasteiger partial charge is 0.410 e. The van der Waals surface area contributed by atoms with E-state index in [1.54, 1.807) is 17.2 Å². The van der Waals surface area contributed by atoms with Crippen LogP contribution in [0.2, 0.25) is 0 Å². The number of nitrogens with one attached hydrogen (secondary N) is 1. The minimum atomic E-state index is -0.519. The fourth-order valence-electron chi connectivity index (χ4n) is 3.89. The number of carbonyl (C=O) groups excluding carboxylic acids is 1. The number of aromatic nitrogens is 3. The van der Waals surface area contributed by atoms with Gasteiger partial charge in [-0.2, -0.15) is 10.2 Å². The molecule has 1 aliphatic heterocycles. The monoisotopic (exact) mass is 474 g/mol. The zero-order valence-corrected chi connectivity index (χ0v) is 20.8. The average molecular weight is 475 g/mol. The SMILES string of the molecule is CC(C)Nc1ncc(-c2nc(-c3ccc4c(c3)CCN(C(=O)OC(C)(C)C)CC4)no2)cc1C#N. The molecule has 2 aromatic heterocycles. The molecule has 1 aromatic carbocycles. The van der Waals surface area contributed by atoms with E-state index in [4.69, 9.17) is 9.26 Å². The van der Waals surface area contributed by atoms with Gasteiger partial charge in [0.05, 0.1) is 11.1 Å². The first-order valence-corrected chi connectivity index (χ1v) is 11.7. The van der Waals surface area contributed by atoms with Gasteiger partial charge in [0.1, 0.15) is 17.5 Å². The van der Waals surface area contributed by atoms with E-state index in [2.05, 4.69) is 38.6 Å². The third-order valence-electron chi connectivity index (χ3n) is 5.52. The van der Waals surface area contributed by atoms with Crippen LogP contribution < -0.4 is 5.32 Å². The minimum Gasteiger partial charge on any atom is -0.444 e. The largest absolute Gasteiger partial charge is 0.444 e. The molecular formula is C26H30N6O3. The summed E-state index contributed by atoms with van der Waals surface area (Å²) in [6, 6.07) is 10.1. The van der Waals surface area contributed by atoms with Crippen LogP contribution in [-0.2, 0) is 17.6 Å².